The van der Waals surface area contributed by atoms with Crippen LogP contribution in [0.4, 0.5) is 0 Å². The van der Waals surface area contributed by atoms with Crippen molar-refractivity contribution in [3.8, 4) is 5.75 Å². The molecule has 0 spiro atoms. The molecule has 0 amide bonds. The van der Waals surface area contributed by atoms with E-state index in [-0.39, 0.29) is 12.1 Å². The Bertz CT molecular complexity index is 826. The van der Waals surface area contributed by atoms with Gasteiger partial charge < -0.3 is 9.84 Å². The molecule has 3 aliphatic rings. The Balaban J connectivity index is 1.38. The van der Waals surface area contributed by atoms with E-state index in [1.807, 2.05) is 4.68 Å². The van der Waals surface area contributed by atoms with Crippen molar-refractivity contribution in [1.29, 1.82) is 0 Å². The second-order valence-electron chi connectivity index (χ2n) is 9.51. The maximum absolute atomic E-state index is 11.1. The summed E-state index contributed by atoms with van der Waals surface area (Å²) >= 11 is 0. The molecule has 0 unspecified atom stereocenters. The fourth-order valence-electron chi connectivity index (χ4n) is 5.40. The fourth-order valence-corrected chi connectivity index (χ4v) is 5.40. The van der Waals surface area contributed by atoms with Gasteiger partial charge in [-0.1, -0.05) is 36.6 Å². The van der Waals surface area contributed by atoms with Crippen molar-refractivity contribution in [3.63, 3.8) is 0 Å². The topological polar surface area (TPSA) is 63.4 Å². The van der Waals surface area contributed by atoms with Crippen molar-refractivity contribution in [3.05, 3.63) is 41.7 Å². The van der Waals surface area contributed by atoms with Gasteiger partial charge in [-0.3, -0.25) is 4.90 Å². The van der Waals surface area contributed by atoms with Crippen LogP contribution in [0.5, 0.6) is 5.75 Å². The summed E-state index contributed by atoms with van der Waals surface area (Å²) in [7, 11) is 1.71. The minimum Gasteiger partial charge on any atom is -0.497 e. The summed E-state index contributed by atoms with van der Waals surface area (Å²) in [6.45, 7) is 1.77. The highest BCUT2D eigenvalue weighted by atomic mass is 16.5. The highest BCUT2D eigenvalue weighted by molar-refractivity contribution is 5.29. The summed E-state index contributed by atoms with van der Waals surface area (Å²) in [5, 5.41) is 19.9. The Hall–Kier alpha value is -1.92. The molecule has 3 atom stereocenters. The molecule has 2 aliphatic carbocycles. The zero-order chi connectivity index (χ0) is 20.5. The third-order valence-electron chi connectivity index (χ3n) is 7.35. The van der Waals surface area contributed by atoms with E-state index in [2.05, 4.69) is 45.7 Å². The summed E-state index contributed by atoms with van der Waals surface area (Å²) < 4.78 is 7.30. The lowest BCUT2D eigenvalue weighted by molar-refractivity contribution is -0.0182. The average molecular weight is 411 g/mol. The molecule has 1 aliphatic heterocycles. The maximum atomic E-state index is 11.1. The SMILES string of the molecule is COc1ccc([C@H]2C[C@@H](n3cc(C4CC4)nn3)[C@H](O)CN2CC2CCCCC2)cc1. The lowest BCUT2D eigenvalue weighted by atomic mass is 9.85. The second kappa shape index (κ2) is 8.67. The summed E-state index contributed by atoms with van der Waals surface area (Å²) in [6.07, 6.45) is 11.7. The van der Waals surface area contributed by atoms with E-state index < -0.39 is 6.10 Å². The number of aromatic nitrogens is 3. The predicted octanol–water partition coefficient (Wildman–Crippen LogP) is 4.09. The van der Waals surface area contributed by atoms with Gasteiger partial charge >= 0.3 is 0 Å². The fraction of sp³-hybridized carbons (Fsp3) is 0.667. The van der Waals surface area contributed by atoms with E-state index in [0.29, 0.717) is 12.5 Å². The van der Waals surface area contributed by atoms with Crippen molar-refractivity contribution < 1.29 is 9.84 Å². The van der Waals surface area contributed by atoms with Gasteiger partial charge in [-0.05, 0) is 55.7 Å². The Labute approximate surface area is 179 Å². The molecule has 30 heavy (non-hydrogen) atoms. The summed E-state index contributed by atoms with van der Waals surface area (Å²) in [5.41, 5.74) is 2.39. The highest BCUT2D eigenvalue weighted by Crippen LogP contribution is 2.41. The summed E-state index contributed by atoms with van der Waals surface area (Å²) in [6, 6.07) is 8.72. The number of aliphatic hydroxyl groups is 1. The quantitative estimate of drug-likeness (QED) is 0.777. The Morgan fingerprint density at radius 1 is 1.07 bits per heavy atom. The van der Waals surface area contributed by atoms with Gasteiger partial charge in [-0.2, -0.15) is 0 Å². The zero-order valence-corrected chi connectivity index (χ0v) is 18.0. The normalized spacial score (nSPS) is 28.5. The van der Waals surface area contributed by atoms with Crippen molar-refractivity contribution in [1.82, 2.24) is 19.9 Å². The minimum atomic E-state index is -0.420. The molecule has 1 N–H and O–H groups in total. The molecular weight excluding hydrogens is 376 g/mol. The van der Waals surface area contributed by atoms with Crippen LogP contribution in [0.3, 0.4) is 0 Å². The number of β-amino-alcohol motifs (C(OH)–C–C–N with tert-alkyl or cyclic N) is 1. The predicted molar refractivity (Wildman–Crippen MR) is 116 cm³/mol. The summed E-state index contributed by atoms with van der Waals surface area (Å²) in [4.78, 5) is 2.53. The molecule has 1 aromatic carbocycles. The zero-order valence-electron chi connectivity index (χ0n) is 18.0. The van der Waals surface area contributed by atoms with Crippen LogP contribution >= 0.6 is 0 Å². The molecule has 6 nitrogen and oxygen atoms in total. The molecule has 162 valence electrons. The monoisotopic (exact) mass is 410 g/mol. The Kier molecular flexibility index (Phi) is 5.79. The van der Waals surface area contributed by atoms with Crippen LogP contribution < -0.4 is 4.74 Å². The van der Waals surface area contributed by atoms with Crippen LogP contribution in [0.2, 0.25) is 0 Å². The lowest BCUT2D eigenvalue weighted by Gasteiger charge is -2.44. The second-order valence-corrected chi connectivity index (χ2v) is 9.51. The van der Waals surface area contributed by atoms with Gasteiger partial charge in [-0.25, -0.2) is 4.68 Å². The number of methoxy groups -OCH3 is 1. The molecule has 0 bridgehead atoms. The first kappa shape index (κ1) is 20.0. The standard InChI is InChI=1S/C24H34N4O2/c1-30-20-11-9-19(10-12-20)22-13-23(28-15-21(25-26-28)18-7-8-18)24(29)16-27(22)14-17-5-3-2-4-6-17/h9-12,15,17-18,22-24,29H,2-8,13-14,16H2,1H3/t22-,23-,24-/m1/s1. The van der Waals surface area contributed by atoms with Crippen LogP contribution in [-0.4, -0.2) is 51.3 Å². The summed E-state index contributed by atoms with van der Waals surface area (Å²) in [5.74, 6) is 2.21. The molecule has 6 heteroatoms. The van der Waals surface area contributed by atoms with Crippen LogP contribution in [0.15, 0.2) is 30.5 Å². The third-order valence-corrected chi connectivity index (χ3v) is 7.35. The molecule has 1 aromatic heterocycles. The molecule has 2 heterocycles. The highest BCUT2D eigenvalue weighted by Gasteiger charge is 2.38. The molecule has 5 rings (SSSR count). The van der Waals surface area contributed by atoms with Crippen molar-refractivity contribution in [2.24, 2.45) is 5.92 Å². The minimum absolute atomic E-state index is 0.0280. The van der Waals surface area contributed by atoms with Crippen molar-refractivity contribution >= 4 is 0 Å². The van der Waals surface area contributed by atoms with E-state index in [1.165, 1.54) is 50.5 Å². The number of rotatable bonds is 6. The Morgan fingerprint density at radius 2 is 1.83 bits per heavy atom. The lowest BCUT2D eigenvalue weighted by Crippen LogP contribution is -2.48. The van der Waals surface area contributed by atoms with Crippen molar-refractivity contribution in [2.45, 2.75) is 75.5 Å². The average Bonchev–Trinajstić information content (AvgIpc) is 3.52. The molecule has 3 fully saturated rings. The number of hydrogen-bond acceptors (Lipinski definition) is 5. The first-order valence-electron chi connectivity index (χ1n) is 11.7. The molecular formula is C24H34N4O2. The van der Waals surface area contributed by atoms with E-state index in [4.69, 9.17) is 4.74 Å². The molecule has 1 saturated heterocycles. The van der Waals surface area contributed by atoms with Crippen LogP contribution in [-0.2, 0) is 0 Å². The van der Waals surface area contributed by atoms with Gasteiger partial charge in [0.2, 0.25) is 0 Å². The van der Waals surface area contributed by atoms with Gasteiger partial charge in [0, 0.05) is 31.2 Å². The van der Waals surface area contributed by atoms with E-state index in [1.54, 1.807) is 7.11 Å². The van der Waals surface area contributed by atoms with Gasteiger partial charge in [0.15, 0.2) is 0 Å². The number of likely N-dealkylation sites (tertiary alicyclic amines) is 1. The maximum Gasteiger partial charge on any atom is 0.118 e. The van der Waals surface area contributed by atoms with Gasteiger partial charge in [-0.15, -0.1) is 5.10 Å². The smallest absolute Gasteiger partial charge is 0.118 e. The third kappa shape index (κ3) is 4.26. The van der Waals surface area contributed by atoms with Crippen LogP contribution in [0.25, 0.3) is 0 Å². The number of nitrogens with zero attached hydrogens (tertiary/aromatic N) is 4. The van der Waals surface area contributed by atoms with E-state index >= 15 is 0 Å². The number of aliphatic hydroxyl groups excluding tert-OH is 1. The molecule has 2 saturated carbocycles. The molecule has 0 radical (unpaired) electrons. The van der Waals surface area contributed by atoms with Crippen LogP contribution in [0.1, 0.15) is 80.6 Å². The van der Waals surface area contributed by atoms with Crippen LogP contribution in [0, 0.1) is 5.92 Å². The number of piperidine rings is 1. The molecule has 2 aromatic rings. The van der Waals surface area contributed by atoms with E-state index in [9.17, 15) is 5.11 Å². The van der Waals surface area contributed by atoms with Crippen molar-refractivity contribution in [2.75, 3.05) is 20.2 Å². The first-order chi connectivity index (χ1) is 14.7. The van der Waals surface area contributed by atoms with Gasteiger partial charge in [0.05, 0.1) is 24.9 Å². The van der Waals surface area contributed by atoms with Gasteiger partial charge in [0.25, 0.3) is 0 Å². The number of hydrogen-bond donors (Lipinski definition) is 1. The number of ether oxygens (including phenoxy) is 1. The van der Waals surface area contributed by atoms with Gasteiger partial charge in [0.1, 0.15) is 5.75 Å². The first-order valence-corrected chi connectivity index (χ1v) is 11.7. The largest absolute Gasteiger partial charge is 0.497 e. The number of benzene rings is 1. The Morgan fingerprint density at radius 3 is 2.53 bits per heavy atom. The van der Waals surface area contributed by atoms with E-state index in [0.717, 1.165) is 30.3 Å².